The molecular formula is C25H27N3O3S. The highest BCUT2D eigenvalue weighted by atomic mass is 32.1. The second-order valence-corrected chi connectivity index (χ2v) is 11.7. The van der Waals surface area contributed by atoms with Gasteiger partial charge < -0.3 is 10.5 Å². The predicted molar refractivity (Wildman–Crippen MR) is 124 cm³/mol. The summed E-state index contributed by atoms with van der Waals surface area (Å²) >= 11 is 1.33. The van der Waals surface area contributed by atoms with Gasteiger partial charge in [0.05, 0.1) is 0 Å². The molecule has 0 atom stereocenters. The lowest BCUT2D eigenvalue weighted by Crippen LogP contribution is -2.37. The minimum atomic E-state index is -0.380. The Balaban J connectivity index is 1.63. The molecule has 2 N–H and O–H groups in total. The molecule has 0 radical (unpaired) electrons. The molecule has 2 heterocycles. The Morgan fingerprint density at radius 1 is 0.875 bits per heavy atom. The predicted octanol–water partition coefficient (Wildman–Crippen LogP) is 5.19. The van der Waals surface area contributed by atoms with Crippen molar-refractivity contribution in [2.24, 2.45) is 10.8 Å². The summed E-state index contributed by atoms with van der Waals surface area (Å²) in [4.78, 5) is 26.7. The van der Waals surface area contributed by atoms with Crippen LogP contribution in [0.2, 0.25) is 0 Å². The number of ether oxygens (including phenoxy) is 1. The number of nitrogens with two attached hydrogens (primary N) is 1. The molecule has 1 aromatic carbocycles. The molecule has 0 fully saturated rings. The Kier molecular flexibility index (Phi) is 4.68. The van der Waals surface area contributed by atoms with Crippen molar-refractivity contribution in [1.29, 1.82) is 0 Å². The zero-order valence-corrected chi connectivity index (χ0v) is 19.6. The fraction of sp³-hybridized carbons (Fsp3) is 0.440. The summed E-state index contributed by atoms with van der Waals surface area (Å²) in [6.07, 6.45) is 2.29. The third-order valence-electron chi connectivity index (χ3n) is 6.51. The average molecular weight is 450 g/mol. The van der Waals surface area contributed by atoms with Crippen LogP contribution in [0, 0.1) is 10.8 Å². The van der Waals surface area contributed by atoms with Gasteiger partial charge in [-0.1, -0.05) is 63.3 Å². The smallest absolute Gasteiger partial charge is 0.203 e. The molecule has 2 aliphatic carbocycles. The van der Waals surface area contributed by atoms with Crippen molar-refractivity contribution in [3.8, 4) is 10.6 Å². The number of hydrogen-bond donors (Lipinski definition) is 1. The second-order valence-electron chi connectivity index (χ2n) is 10.7. The van der Waals surface area contributed by atoms with Crippen molar-refractivity contribution in [1.82, 2.24) is 10.2 Å². The summed E-state index contributed by atoms with van der Waals surface area (Å²) in [5.74, 6) is 1.25. The van der Waals surface area contributed by atoms with Crippen LogP contribution in [0.15, 0.2) is 46.9 Å². The maximum atomic E-state index is 13.3. The van der Waals surface area contributed by atoms with Gasteiger partial charge in [-0.25, -0.2) is 0 Å². The normalized spacial score (nSPS) is 22.5. The molecule has 3 aliphatic rings. The molecule has 5 rings (SSSR count). The number of carbonyl (C=O) groups excluding carboxylic acids is 2. The molecular weight excluding hydrogens is 422 g/mol. The van der Waals surface area contributed by atoms with E-state index in [2.05, 4.69) is 37.9 Å². The summed E-state index contributed by atoms with van der Waals surface area (Å²) in [6, 6.07) is 7.88. The lowest BCUT2D eigenvalue weighted by Gasteiger charge is -2.42. The number of carbonyl (C=O) groups is 2. The Labute approximate surface area is 191 Å². The van der Waals surface area contributed by atoms with Gasteiger partial charge in [0.2, 0.25) is 5.13 Å². The molecule has 0 spiro atoms. The van der Waals surface area contributed by atoms with Crippen LogP contribution in [0.5, 0.6) is 0 Å². The van der Waals surface area contributed by atoms with Crippen LogP contribution in [0.1, 0.15) is 64.9 Å². The van der Waals surface area contributed by atoms with Crippen molar-refractivity contribution in [2.75, 3.05) is 5.73 Å². The van der Waals surface area contributed by atoms with E-state index >= 15 is 0 Å². The minimum absolute atomic E-state index is 0.0754. The van der Waals surface area contributed by atoms with Gasteiger partial charge in [0.25, 0.3) is 0 Å². The van der Waals surface area contributed by atoms with Crippen molar-refractivity contribution in [3.63, 3.8) is 0 Å². The van der Waals surface area contributed by atoms with Gasteiger partial charge >= 0.3 is 0 Å². The first-order chi connectivity index (χ1) is 15.0. The molecule has 0 amide bonds. The number of nitrogen functional groups attached to an aromatic ring is 1. The maximum Gasteiger partial charge on any atom is 0.203 e. The quantitative estimate of drug-likeness (QED) is 0.678. The van der Waals surface area contributed by atoms with Crippen LogP contribution in [0.4, 0.5) is 5.13 Å². The summed E-state index contributed by atoms with van der Waals surface area (Å²) in [6.45, 7) is 8.37. The number of aromatic nitrogens is 2. The van der Waals surface area contributed by atoms with Gasteiger partial charge in [-0.2, -0.15) is 0 Å². The van der Waals surface area contributed by atoms with Gasteiger partial charge in [0.15, 0.2) is 11.6 Å². The molecule has 1 aliphatic heterocycles. The third kappa shape index (κ3) is 3.58. The zero-order valence-electron chi connectivity index (χ0n) is 18.8. The molecule has 0 saturated carbocycles. The lowest BCUT2D eigenvalue weighted by molar-refractivity contribution is -0.120. The number of anilines is 1. The Hall–Kier alpha value is -2.80. The largest absolute Gasteiger partial charge is 0.465 e. The Bertz CT molecular complexity index is 1150. The van der Waals surface area contributed by atoms with E-state index in [0.717, 1.165) is 27.7 Å². The number of Topliss-reactive ketones (excluding diaryl/α,β-unsaturated/α-hetero) is 2. The van der Waals surface area contributed by atoms with E-state index in [1.165, 1.54) is 11.3 Å². The highest BCUT2D eigenvalue weighted by molar-refractivity contribution is 7.18. The Morgan fingerprint density at radius 2 is 1.41 bits per heavy atom. The van der Waals surface area contributed by atoms with E-state index < -0.39 is 0 Å². The fourth-order valence-electron chi connectivity index (χ4n) is 5.18. The van der Waals surface area contributed by atoms with E-state index in [9.17, 15) is 9.59 Å². The van der Waals surface area contributed by atoms with Crippen LogP contribution in [0.25, 0.3) is 10.6 Å². The first-order valence-corrected chi connectivity index (χ1v) is 11.7. The number of allylic oxidation sites excluding steroid dienone is 4. The number of rotatable bonds is 2. The average Bonchev–Trinajstić information content (AvgIpc) is 3.11. The number of ketones is 2. The van der Waals surface area contributed by atoms with E-state index in [4.69, 9.17) is 10.5 Å². The molecule has 2 aromatic rings. The number of nitrogens with zero attached hydrogens (tertiary/aromatic N) is 2. The van der Waals surface area contributed by atoms with Crippen LogP contribution < -0.4 is 5.73 Å². The first-order valence-electron chi connectivity index (χ1n) is 10.9. The summed E-state index contributed by atoms with van der Waals surface area (Å²) in [7, 11) is 0. The fourth-order valence-corrected chi connectivity index (χ4v) is 5.79. The van der Waals surface area contributed by atoms with E-state index in [1.807, 2.05) is 24.3 Å². The van der Waals surface area contributed by atoms with Crippen molar-refractivity contribution in [2.45, 2.75) is 59.3 Å². The number of hydrogen-bond acceptors (Lipinski definition) is 7. The van der Waals surface area contributed by atoms with Gasteiger partial charge in [-0.3, -0.25) is 9.59 Å². The van der Waals surface area contributed by atoms with Gasteiger partial charge in [-0.05, 0) is 16.4 Å². The third-order valence-corrected chi connectivity index (χ3v) is 7.31. The standard InChI is InChI=1S/C25H27N3O3S/c1-24(2)9-15(29)20-17(11-24)31-18-12-25(3,4)10-16(30)21(18)19(20)13-5-7-14(8-6-13)22-27-28-23(26)32-22/h5-8,19H,9-12H2,1-4H3,(H2,26,28). The van der Waals surface area contributed by atoms with Crippen LogP contribution in [-0.2, 0) is 14.3 Å². The topological polar surface area (TPSA) is 95.2 Å². The summed E-state index contributed by atoms with van der Waals surface area (Å²) in [5, 5.41) is 9.16. The monoisotopic (exact) mass is 449 g/mol. The van der Waals surface area contributed by atoms with Gasteiger partial charge in [-0.15, -0.1) is 10.2 Å². The lowest BCUT2D eigenvalue weighted by atomic mass is 9.65. The van der Waals surface area contributed by atoms with E-state index in [-0.39, 0.29) is 28.3 Å². The van der Waals surface area contributed by atoms with E-state index in [1.54, 1.807) is 0 Å². The maximum absolute atomic E-state index is 13.3. The van der Waals surface area contributed by atoms with Crippen LogP contribution in [-0.4, -0.2) is 21.8 Å². The molecule has 166 valence electrons. The first kappa shape index (κ1) is 21.1. The zero-order chi connectivity index (χ0) is 22.8. The van der Waals surface area contributed by atoms with Gasteiger partial charge in [0.1, 0.15) is 16.5 Å². The minimum Gasteiger partial charge on any atom is -0.465 e. The Morgan fingerprint density at radius 3 is 1.88 bits per heavy atom. The molecule has 0 unspecified atom stereocenters. The molecule has 0 bridgehead atoms. The number of benzene rings is 1. The van der Waals surface area contributed by atoms with Crippen LogP contribution in [0.3, 0.4) is 0 Å². The summed E-state index contributed by atoms with van der Waals surface area (Å²) in [5.41, 5.74) is 8.56. The molecule has 7 heteroatoms. The van der Waals surface area contributed by atoms with Crippen molar-refractivity contribution >= 4 is 28.0 Å². The highest BCUT2D eigenvalue weighted by Crippen LogP contribution is 2.53. The van der Waals surface area contributed by atoms with Gasteiger partial charge in [0, 0.05) is 48.3 Å². The highest BCUT2D eigenvalue weighted by Gasteiger charge is 2.47. The molecule has 1 aromatic heterocycles. The van der Waals surface area contributed by atoms with Crippen molar-refractivity contribution in [3.05, 3.63) is 52.5 Å². The molecule has 32 heavy (non-hydrogen) atoms. The molecule has 6 nitrogen and oxygen atoms in total. The van der Waals surface area contributed by atoms with Crippen molar-refractivity contribution < 1.29 is 14.3 Å². The molecule has 0 saturated heterocycles. The van der Waals surface area contributed by atoms with Crippen LogP contribution >= 0.6 is 11.3 Å². The van der Waals surface area contributed by atoms with E-state index in [0.29, 0.717) is 42.0 Å². The SMILES string of the molecule is CC1(C)CC(=O)C2=C(C1)OC1=C(C(=O)CC(C)(C)C1)C2c1ccc(-c2nnc(N)s2)cc1. The summed E-state index contributed by atoms with van der Waals surface area (Å²) < 4.78 is 6.34. The second kappa shape index (κ2) is 7.10.